The molecule has 0 bridgehead atoms. The molecule has 152 valence electrons. The fourth-order valence-electron chi connectivity index (χ4n) is 3.55. The van der Waals surface area contributed by atoms with Crippen molar-refractivity contribution >= 4 is 39.1 Å². The van der Waals surface area contributed by atoms with Crippen LogP contribution in [0.5, 0.6) is 0 Å². The fraction of sp³-hybridized carbons (Fsp3) is 0.368. The molecule has 1 saturated carbocycles. The third-order valence-corrected chi connectivity index (χ3v) is 6.25. The van der Waals surface area contributed by atoms with Gasteiger partial charge < -0.3 is 11.1 Å². The maximum Gasteiger partial charge on any atom is 0.280 e. The SMILES string of the molecule is Cc1nn(C)c(C)c1C(=O)Nc1c(C(N)=O)sc2nc(C(F)F)cc(C3CC3)c12. The van der Waals surface area contributed by atoms with Crippen LogP contribution in [0.4, 0.5) is 14.5 Å². The first kappa shape index (κ1) is 19.4. The zero-order valence-corrected chi connectivity index (χ0v) is 16.9. The number of aryl methyl sites for hydroxylation is 2. The van der Waals surface area contributed by atoms with E-state index in [4.69, 9.17) is 5.73 Å². The number of thiophene rings is 1. The second kappa shape index (κ2) is 6.87. The lowest BCUT2D eigenvalue weighted by Crippen LogP contribution is -2.18. The quantitative estimate of drug-likeness (QED) is 0.656. The van der Waals surface area contributed by atoms with Crippen LogP contribution in [0.2, 0.25) is 0 Å². The molecule has 3 aromatic heterocycles. The normalized spacial score (nSPS) is 14.0. The molecule has 10 heteroatoms. The van der Waals surface area contributed by atoms with Gasteiger partial charge in [0.2, 0.25) is 0 Å². The largest absolute Gasteiger partial charge is 0.365 e. The number of nitrogens with two attached hydrogens (primary N) is 1. The molecule has 0 saturated heterocycles. The molecule has 2 amide bonds. The highest BCUT2D eigenvalue weighted by molar-refractivity contribution is 7.21. The van der Waals surface area contributed by atoms with Gasteiger partial charge in [-0.25, -0.2) is 13.8 Å². The number of pyridine rings is 1. The first-order chi connectivity index (χ1) is 13.7. The molecule has 0 unspecified atom stereocenters. The van der Waals surface area contributed by atoms with Crippen LogP contribution in [0.15, 0.2) is 6.07 Å². The first-order valence-corrected chi connectivity index (χ1v) is 9.87. The number of hydrogen-bond acceptors (Lipinski definition) is 5. The molecule has 0 spiro atoms. The van der Waals surface area contributed by atoms with Gasteiger partial charge in [0.15, 0.2) is 0 Å². The van der Waals surface area contributed by atoms with Gasteiger partial charge >= 0.3 is 0 Å². The minimum Gasteiger partial charge on any atom is -0.365 e. The summed E-state index contributed by atoms with van der Waals surface area (Å²) < 4.78 is 28.2. The second-order valence-electron chi connectivity index (χ2n) is 7.19. The van der Waals surface area contributed by atoms with E-state index in [1.54, 1.807) is 25.6 Å². The molecule has 3 aromatic rings. The highest BCUT2D eigenvalue weighted by Crippen LogP contribution is 2.48. The van der Waals surface area contributed by atoms with E-state index in [-0.39, 0.29) is 27.0 Å². The molecular weight excluding hydrogens is 400 g/mol. The van der Waals surface area contributed by atoms with Crippen LogP contribution in [0, 0.1) is 13.8 Å². The van der Waals surface area contributed by atoms with Crippen molar-refractivity contribution in [3.8, 4) is 0 Å². The minimum absolute atomic E-state index is 0.0911. The Morgan fingerprint density at radius 2 is 2.03 bits per heavy atom. The molecule has 29 heavy (non-hydrogen) atoms. The van der Waals surface area contributed by atoms with Crippen molar-refractivity contribution in [2.75, 3.05) is 5.32 Å². The number of hydrogen-bond donors (Lipinski definition) is 2. The molecule has 0 radical (unpaired) electrons. The number of primary amides is 1. The summed E-state index contributed by atoms with van der Waals surface area (Å²) in [6, 6.07) is 1.37. The van der Waals surface area contributed by atoms with Crippen molar-refractivity contribution in [1.82, 2.24) is 14.8 Å². The van der Waals surface area contributed by atoms with Crippen molar-refractivity contribution < 1.29 is 18.4 Å². The number of nitrogens with zero attached hydrogens (tertiary/aromatic N) is 3. The van der Waals surface area contributed by atoms with E-state index in [9.17, 15) is 18.4 Å². The molecule has 0 aliphatic heterocycles. The van der Waals surface area contributed by atoms with E-state index < -0.39 is 18.2 Å². The van der Waals surface area contributed by atoms with Gasteiger partial charge in [-0.05, 0) is 44.2 Å². The lowest BCUT2D eigenvalue weighted by Gasteiger charge is -2.10. The van der Waals surface area contributed by atoms with Gasteiger partial charge in [-0.2, -0.15) is 5.10 Å². The van der Waals surface area contributed by atoms with Crippen LogP contribution in [0.25, 0.3) is 10.2 Å². The molecule has 4 rings (SSSR count). The van der Waals surface area contributed by atoms with Crippen molar-refractivity contribution in [3.63, 3.8) is 0 Å². The predicted octanol–water partition coefficient (Wildman–Crippen LogP) is 3.81. The highest BCUT2D eigenvalue weighted by atomic mass is 32.1. The van der Waals surface area contributed by atoms with Gasteiger partial charge in [-0.15, -0.1) is 11.3 Å². The highest BCUT2D eigenvalue weighted by Gasteiger charge is 2.32. The van der Waals surface area contributed by atoms with Crippen LogP contribution >= 0.6 is 11.3 Å². The number of amides is 2. The van der Waals surface area contributed by atoms with E-state index in [0.717, 1.165) is 24.2 Å². The number of nitrogens with one attached hydrogen (secondary N) is 1. The van der Waals surface area contributed by atoms with Crippen molar-refractivity contribution in [3.05, 3.63) is 39.2 Å². The van der Waals surface area contributed by atoms with Gasteiger partial charge in [0, 0.05) is 18.1 Å². The zero-order valence-electron chi connectivity index (χ0n) is 16.0. The first-order valence-electron chi connectivity index (χ1n) is 9.05. The Morgan fingerprint density at radius 1 is 1.34 bits per heavy atom. The van der Waals surface area contributed by atoms with Crippen LogP contribution in [-0.2, 0) is 7.05 Å². The van der Waals surface area contributed by atoms with Gasteiger partial charge in [0.05, 0.1) is 16.9 Å². The van der Waals surface area contributed by atoms with Crippen LogP contribution in [0.1, 0.15) is 67.9 Å². The number of halogens is 2. The molecule has 3 N–H and O–H groups in total. The van der Waals surface area contributed by atoms with Crippen LogP contribution in [-0.4, -0.2) is 26.6 Å². The van der Waals surface area contributed by atoms with E-state index >= 15 is 0 Å². The number of fused-ring (bicyclic) bond motifs is 1. The Kier molecular flexibility index (Phi) is 4.60. The summed E-state index contributed by atoms with van der Waals surface area (Å²) in [5, 5.41) is 7.54. The van der Waals surface area contributed by atoms with E-state index in [0.29, 0.717) is 27.9 Å². The summed E-state index contributed by atoms with van der Waals surface area (Å²) in [6.07, 6.45) is -1.01. The Labute approximate surface area is 168 Å². The number of alkyl halides is 2. The number of carbonyl (C=O) groups is 2. The molecule has 1 aliphatic rings. The molecule has 7 nitrogen and oxygen atoms in total. The molecule has 0 atom stereocenters. The third-order valence-electron chi connectivity index (χ3n) is 5.15. The van der Waals surface area contributed by atoms with E-state index in [2.05, 4.69) is 15.4 Å². The van der Waals surface area contributed by atoms with Crippen molar-refractivity contribution in [1.29, 1.82) is 0 Å². The summed E-state index contributed by atoms with van der Waals surface area (Å²) >= 11 is 0.919. The molecule has 1 aliphatic carbocycles. The Bertz CT molecular complexity index is 1160. The van der Waals surface area contributed by atoms with Gasteiger partial charge in [-0.1, -0.05) is 0 Å². The summed E-state index contributed by atoms with van der Waals surface area (Å²) in [7, 11) is 1.73. The molecule has 0 aromatic carbocycles. The smallest absolute Gasteiger partial charge is 0.280 e. The topological polar surface area (TPSA) is 103 Å². The number of carbonyl (C=O) groups excluding carboxylic acids is 2. The van der Waals surface area contributed by atoms with Crippen molar-refractivity contribution in [2.45, 2.75) is 39.0 Å². The fourth-order valence-corrected chi connectivity index (χ4v) is 4.57. The molecule has 3 heterocycles. The monoisotopic (exact) mass is 419 g/mol. The summed E-state index contributed by atoms with van der Waals surface area (Å²) in [5.41, 5.74) is 7.70. The molecular formula is C19H19F2N5O2S. The van der Waals surface area contributed by atoms with Crippen molar-refractivity contribution in [2.24, 2.45) is 12.8 Å². The van der Waals surface area contributed by atoms with Gasteiger partial charge in [0.25, 0.3) is 18.2 Å². The van der Waals surface area contributed by atoms with Crippen LogP contribution < -0.4 is 11.1 Å². The number of rotatable bonds is 5. The molecule has 1 fully saturated rings. The Morgan fingerprint density at radius 3 is 2.55 bits per heavy atom. The van der Waals surface area contributed by atoms with E-state index in [1.165, 1.54) is 6.07 Å². The Balaban J connectivity index is 1.89. The maximum absolute atomic E-state index is 13.3. The standard InChI is InChI=1S/C19H19F2N5O2S/c1-7-12(8(2)26(3)25-7)18(28)24-14-13-10(9-4-5-9)6-11(16(20)21)23-19(13)29-15(14)17(22)27/h6,9,16H,4-5H2,1-3H3,(H2,22,27)(H,24,28). The minimum atomic E-state index is -2.73. The Hall–Kier alpha value is -2.88. The number of aromatic nitrogens is 3. The van der Waals surface area contributed by atoms with Gasteiger partial charge in [-0.3, -0.25) is 14.3 Å². The summed E-state index contributed by atoms with van der Waals surface area (Å²) in [6.45, 7) is 3.48. The maximum atomic E-state index is 13.3. The van der Waals surface area contributed by atoms with Crippen LogP contribution in [0.3, 0.4) is 0 Å². The third kappa shape index (κ3) is 3.27. The number of anilines is 1. The summed E-state index contributed by atoms with van der Waals surface area (Å²) in [4.78, 5) is 29.4. The lowest BCUT2D eigenvalue weighted by atomic mass is 10.0. The predicted molar refractivity (Wildman–Crippen MR) is 106 cm³/mol. The van der Waals surface area contributed by atoms with E-state index in [1.807, 2.05) is 0 Å². The summed E-state index contributed by atoms with van der Waals surface area (Å²) in [5.74, 6) is -1.08. The lowest BCUT2D eigenvalue weighted by molar-refractivity contribution is 0.100. The second-order valence-corrected chi connectivity index (χ2v) is 8.18. The average Bonchev–Trinajstić information content (AvgIpc) is 3.37. The van der Waals surface area contributed by atoms with Gasteiger partial charge in [0.1, 0.15) is 15.4 Å². The zero-order chi connectivity index (χ0) is 21.0. The average molecular weight is 419 g/mol.